The van der Waals surface area contributed by atoms with E-state index in [1.165, 1.54) is 5.56 Å². The summed E-state index contributed by atoms with van der Waals surface area (Å²) in [5.74, 6) is -0.999. The summed E-state index contributed by atoms with van der Waals surface area (Å²) in [6, 6.07) is 16.0. The molecule has 0 bridgehead atoms. The topological polar surface area (TPSA) is 52.6 Å². The van der Waals surface area contributed by atoms with Crippen molar-refractivity contribution in [3.63, 3.8) is 0 Å². The van der Waals surface area contributed by atoms with Crippen molar-refractivity contribution in [2.24, 2.45) is 0 Å². The maximum atomic E-state index is 11.2. The number of benzene rings is 2. The molecular weight excluding hydrogens is 324 g/mol. The number of anilines is 1. The zero-order valence-electron chi connectivity index (χ0n) is 13.4. The molecule has 1 aliphatic rings. The quantitative estimate of drug-likeness (QED) is 0.856. The van der Waals surface area contributed by atoms with Crippen LogP contribution in [0.1, 0.15) is 28.8 Å². The fraction of sp³-hybridized carbons (Fsp3) is 0.316. The van der Waals surface area contributed by atoms with Crippen molar-refractivity contribution >= 4 is 23.3 Å². The lowest BCUT2D eigenvalue weighted by molar-refractivity contribution is 0.0697. The number of carbonyl (C=O) groups is 1. The number of piperidine rings is 1. The maximum absolute atomic E-state index is 11.2. The lowest BCUT2D eigenvalue weighted by Crippen LogP contribution is -2.38. The molecule has 2 N–H and O–H groups in total. The monoisotopic (exact) mass is 344 g/mol. The zero-order chi connectivity index (χ0) is 16.9. The largest absolute Gasteiger partial charge is 0.478 e. The van der Waals surface area contributed by atoms with E-state index in [0.29, 0.717) is 6.04 Å². The summed E-state index contributed by atoms with van der Waals surface area (Å²) in [6.07, 6.45) is 2.08. The standard InChI is InChI=1S/C19H21ClN2O2/c20-18-7-6-16(12-17(18)19(23)24)21-15-8-10-22(11-9-15)13-14-4-2-1-3-5-14/h1-7,12,15,21H,8-11,13H2,(H,23,24). The molecule has 2 aromatic rings. The van der Waals surface area contributed by atoms with E-state index in [0.717, 1.165) is 38.2 Å². The molecule has 24 heavy (non-hydrogen) atoms. The van der Waals surface area contributed by atoms with Gasteiger partial charge in [0.15, 0.2) is 0 Å². The van der Waals surface area contributed by atoms with E-state index < -0.39 is 5.97 Å². The molecule has 1 aliphatic heterocycles. The second-order valence-corrected chi connectivity index (χ2v) is 6.59. The van der Waals surface area contributed by atoms with Crippen LogP contribution >= 0.6 is 11.6 Å². The van der Waals surface area contributed by atoms with Gasteiger partial charge >= 0.3 is 5.97 Å². The van der Waals surface area contributed by atoms with E-state index in [-0.39, 0.29) is 10.6 Å². The molecule has 0 amide bonds. The fourth-order valence-electron chi connectivity index (χ4n) is 3.09. The molecule has 0 atom stereocenters. The average molecular weight is 345 g/mol. The fourth-order valence-corrected chi connectivity index (χ4v) is 3.29. The van der Waals surface area contributed by atoms with Gasteiger partial charge in [0.2, 0.25) is 0 Å². The molecule has 0 unspecified atom stereocenters. The van der Waals surface area contributed by atoms with E-state index in [1.54, 1.807) is 12.1 Å². The van der Waals surface area contributed by atoms with Crippen LogP contribution in [0.3, 0.4) is 0 Å². The minimum absolute atomic E-state index is 0.142. The Labute approximate surface area is 147 Å². The van der Waals surface area contributed by atoms with Crippen molar-refractivity contribution in [2.75, 3.05) is 18.4 Å². The van der Waals surface area contributed by atoms with E-state index >= 15 is 0 Å². The summed E-state index contributed by atoms with van der Waals surface area (Å²) in [5, 5.41) is 12.9. The molecule has 0 aromatic heterocycles. The van der Waals surface area contributed by atoms with Gasteiger partial charge in [-0.25, -0.2) is 4.79 Å². The van der Waals surface area contributed by atoms with Gasteiger partial charge in [0.05, 0.1) is 10.6 Å². The number of carboxylic acids is 1. The van der Waals surface area contributed by atoms with Crippen LogP contribution in [-0.4, -0.2) is 35.1 Å². The third-order valence-electron chi connectivity index (χ3n) is 4.40. The lowest BCUT2D eigenvalue weighted by atomic mass is 10.0. The van der Waals surface area contributed by atoms with Gasteiger partial charge in [-0.05, 0) is 36.6 Å². The van der Waals surface area contributed by atoms with Crippen LogP contribution in [0.5, 0.6) is 0 Å². The highest BCUT2D eigenvalue weighted by Crippen LogP contribution is 2.23. The summed E-state index contributed by atoms with van der Waals surface area (Å²) >= 11 is 5.91. The van der Waals surface area contributed by atoms with Crippen LogP contribution in [0.25, 0.3) is 0 Å². The molecule has 1 fully saturated rings. The number of hydrogen-bond donors (Lipinski definition) is 2. The highest BCUT2D eigenvalue weighted by Gasteiger charge is 2.19. The Morgan fingerprint density at radius 3 is 2.54 bits per heavy atom. The van der Waals surface area contributed by atoms with Crippen molar-refractivity contribution in [1.82, 2.24) is 4.90 Å². The number of aromatic carboxylic acids is 1. The summed E-state index contributed by atoms with van der Waals surface area (Å²) in [5.41, 5.74) is 2.30. The predicted molar refractivity (Wildman–Crippen MR) is 96.8 cm³/mol. The van der Waals surface area contributed by atoms with Crippen LogP contribution < -0.4 is 5.32 Å². The summed E-state index contributed by atoms with van der Waals surface area (Å²) < 4.78 is 0. The molecule has 2 aromatic carbocycles. The zero-order valence-corrected chi connectivity index (χ0v) is 14.2. The third-order valence-corrected chi connectivity index (χ3v) is 4.73. The van der Waals surface area contributed by atoms with Crippen LogP contribution in [-0.2, 0) is 6.54 Å². The molecule has 5 heteroatoms. The van der Waals surface area contributed by atoms with Gasteiger partial charge in [0.25, 0.3) is 0 Å². The molecule has 0 aliphatic carbocycles. The van der Waals surface area contributed by atoms with Crippen LogP contribution in [0, 0.1) is 0 Å². The van der Waals surface area contributed by atoms with E-state index in [2.05, 4.69) is 34.5 Å². The first-order chi connectivity index (χ1) is 11.6. The van der Waals surface area contributed by atoms with E-state index in [9.17, 15) is 4.79 Å². The smallest absolute Gasteiger partial charge is 0.337 e. The second kappa shape index (κ2) is 7.69. The predicted octanol–water partition coefficient (Wildman–Crippen LogP) is 4.11. The van der Waals surface area contributed by atoms with Crippen LogP contribution in [0.2, 0.25) is 5.02 Å². The van der Waals surface area contributed by atoms with Gasteiger partial charge in [0.1, 0.15) is 0 Å². The molecule has 1 heterocycles. The Balaban J connectivity index is 1.54. The molecule has 3 rings (SSSR count). The number of rotatable bonds is 5. The summed E-state index contributed by atoms with van der Waals surface area (Å²) in [7, 11) is 0. The SMILES string of the molecule is O=C(O)c1cc(NC2CCN(Cc3ccccc3)CC2)ccc1Cl. The molecule has 0 spiro atoms. The first-order valence-corrected chi connectivity index (χ1v) is 8.55. The Bertz CT molecular complexity index is 698. The lowest BCUT2D eigenvalue weighted by Gasteiger charge is -2.33. The van der Waals surface area contributed by atoms with E-state index in [1.807, 2.05) is 12.1 Å². The molecule has 0 radical (unpaired) electrons. The summed E-state index contributed by atoms with van der Waals surface area (Å²) in [6.45, 7) is 3.05. The summed E-state index contributed by atoms with van der Waals surface area (Å²) in [4.78, 5) is 13.6. The Morgan fingerprint density at radius 1 is 1.17 bits per heavy atom. The number of nitrogens with zero attached hydrogens (tertiary/aromatic N) is 1. The molecule has 4 nitrogen and oxygen atoms in total. The number of hydrogen-bond acceptors (Lipinski definition) is 3. The second-order valence-electron chi connectivity index (χ2n) is 6.18. The van der Waals surface area contributed by atoms with Gasteiger partial charge in [-0.3, -0.25) is 4.90 Å². The Morgan fingerprint density at radius 2 is 1.88 bits per heavy atom. The Hall–Kier alpha value is -2.04. The van der Waals surface area contributed by atoms with Crippen molar-refractivity contribution in [3.05, 3.63) is 64.7 Å². The maximum Gasteiger partial charge on any atom is 0.337 e. The van der Waals surface area contributed by atoms with Gasteiger partial charge in [-0.2, -0.15) is 0 Å². The van der Waals surface area contributed by atoms with Crippen LogP contribution in [0.15, 0.2) is 48.5 Å². The van der Waals surface area contributed by atoms with Gasteiger partial charge in [0, 0.05) is 31.4 Å². The normalized spacial score (nSPS) is 16.0. The average Bonchev–Trinajstić information content (AvgIpc) is 2.59. The highest BCUT2D eigenvalue weighted by molar-refractivity contribution is 6.33. The molecule has 126 valence electrons. The molecule has 0 saturated carbocycles. The minimum Gasteiger partial charge on any atom is -0.478 e. The molecule has 1 saturated heterocycles. The highest BCUT2D eigenvalue weighted by atomic mass is 35.5. The van der Waals surface area contributed by atoms with Crippen molar-refractivity contribution < 1.29 is 9.90 Å². The minimum atomic E-state index is -0.999. The van der Waals surface area contributed by atoms with Gasteiger partial charge < -0.3 is 10.4 Å². The number of halogens is 1. The van der Waals surface area contributed by atoms with Crippen molar-refractivity contribution in [3.8, 4) is 0 Å². The van der Waals surface area contributed by atoms with Crippen molar-refractivity contribution in [1.29, 1.82) is 0 Å². The van der Waals surface area contributed by atoms with E-state index in [4.69, 9.17) is 16.7 Å². The van der Waals surface area contributed by atoms with Gasteiger partial charge in [-0.1, -0.05) is 41.9 Å². The number of likely N-dealkylation sites (tertiary alicyclic amines) is 1. The number of carboxylic acid groups (broad SMARTS) is 1. The van der Waals surface area contributed by atoms with Crippen LogP contribution in [0.4, 0.5) is 5.69 Å². The van der Waals surface area contributed by atoms with Crippen molar-refractivity contribution in [2.45, 2.75) is 25.4 Å². The van der Waals surface area contributed by atoms with Gasteiger partial charge in [-0.15, -0.1) is 0 Å². The number of nitrogens with one attached hydrogen (secondary N) is 1. The Kier molecular flexibility index (Phi) is 5.38. The third kappa shape index (κ3) is 4.28. The first kappa shape index (κ1) is 16.8. The molecular formula is C19H21ClN2O2. The first-order valence-electron chi connectivity index (χ1n) is 8.17.